The molecule has 10 heteroatoms. The second-order valence-corrected chi connectivity index (χ2v) is 11.2. The molecule has 1 aliphatic heterocycles. The summed E-state index contributed by atoms with van der Waals surface area (Å²) in [4.78, 5) is 0.0121. The molecule has 2 heterocycles. The topological polar surface area (TPSA) is 98.1 Å². The quantitative estimate of drug-likeness (QED) is 0.641. The Morgan fingerprint density at radius 2 is 1.83 bits per heavy atom. The Kier molecular flexibility index (Phi) is 5.14. The molecule has 1 atom stereocenters. The lowest BCUT2D eigenvalue weighted by atomic mass is 10.2. The van der Waals surface area contributed by atoms with Gasteiger partial charge in [-0.2, -0.15) is 5.10 Å². The summed E-state index contributed by atoms with van der Waals surface area (Å²) in [6.45, 7) is 0. The van der Waals surface area contributed by atoms with Crippen molar-refractivity contribution in [3.05, 3.63) is 65.7 Å². The molecule has 29 heavy (non-hydrogen) atoms. The van der Waals surface area contributed by atoms with Crippen LogP contribution >= 0.6 is 11.6 Å². The fourth-order valence-electron chi connectivity index (χ4n) is 3.30. The van der Waals surface area contributed by atoms with Gasteiger partial charge < -0.3 is 0 Å². The van der Waals surface area contributed by atoms with E-state index in [1.54, 1.807) is 18.2 Å². The summed E-state index contributed by atoms with van der Waals surface area (Å²) in [5, 5.41) is 4.82. The molecule has 0 unspecified atom stereocenters. The molecule has 3 aromatic rings. The maximum atomic E-state index is 12.9. The summed E-state index contributed by atoms with van der Waals surface area (Å²) in [5.74, 6) is 0.193. The third kappa shape index (κ3) is 4.31. The minimum atomic E-state index is -3.93. The number of hydrogen-bond acceptors (Lipinski definition) is 5. The summed E-state index contributed by atoms with van der Waals surface area (Å²) in [6.07, 6.45) is 0.379. The molecule has 0 spiro atoms. The van der Waals surface area contributed by atoms with E-state index in [9.17, 15) is 16.8 Å². The van der Waals surface area contributed by atoms with Crippen LogP contribution in [0.25, 0.3) is 11.3 Å². The maximum Gasteiger partial charge on any atom is 0.263 e. The minimum absolute atomic E-state index is 0.0121. The largest absolute Gasteiger partial charge is 0.264 e. The number of benzene rings is 2. The van der Waals surface area contributed by atoms with Gasteiger partial charge in [-0.3, -0.25) is 4.72 Å². The number of rotatable bonds is 5. The molecular weight excluding hydrogens is 434 g/mol. The lowest BCUT2D eigenvalue weighted by Gasteiger charge is -2.14. The highest BCUT2D eigenvalue weighted by Gasteiger charge is 2.32. The summed E-state index contributed by atoms with van der Waals surface area (Å²) in [5.41, 5.74) is 1.36. The molecule has 1 fully saturated rings. The molecule has 1 saturated heterocycles. The highest BCUT2D eigenvalue weighted by Crippen LogP contribution is 2.31. The zero-order valence-electron chi connectivity index (χ0n) is 15.2. The van der Waals surface area contributed by atoms with Gasteiger partial charge in [-0.1, -0.05) is 48.0 Å². The number of hydrogen-bond donors (Lipinski definition) is 1. The Morgan fingerprint density at radius 1 is 1.07 bits per heavy atom. The van der Waals surface area contributed by atoms with Crippen molar-refractivity contribution in [1.82, 2.24) is 9.78 Å². The normalized spacial score (nSPS) is 18.6. The number of anilines is 1. The Labute approximate surface area is 174 Å². The Hall–Kier alpha value is -2.36. The van der Waals surface area contributed by atoms with Crippen molar-refractivity contribution in [3.63, 3.8) is 0 Å². The minimum Gasteiger partial charge on any atom is -0.264 e. The van der Waals surface area contributed by atoms with Crippen LogP contribution in [-0.2, 0) is 19.9 Å². The monoisotopic (exact) mass is 451 g/mol. The van der Waals surface area contributed by atoms with Crippen molar-refractivity contribution in [2.75, 3.05) is 16.2 Å². The first-order valence-corrected chi connectivity index (χ1v) is 12.6. The standard InChI is InChI=1S/C19H18ClN3O4S2/c20-15-7-4-8-17(11-15)29(26,27)22-19-12-18(14-5-2-1-3-6-14)21-23(19)16-9-10-28(24,25)13-16/h1-8,11-12,16,22H,9-10,13H2/t16-/m0/s1. The zero-order chi connectivity index (χ0) is 20.6. The van der Waals surface area contributed by atoms with Crippen LogP contribution in [0.1, 0.15) is 12.5 Å². The average molecular weight is 452 g/mol. The van der Waals surface area contributed by atoms with Gasteiger partial charge in [-0.25, -0.2) is 21.5 Å². The first-order chi connectivity index (χ1) is 13.7. The molecule has 0 bridgehead atoms. The van der Waals surface area contributed by atoms with Crippen molar-refractivity contribution in [3.8, 4) is 11.3 Å². The molecule has 152 valence electrons. The van der Waals surface area contributed by atoms with Crippen molar-refractivity contribution in [2.24, 2.45) is 0 Å². The average Bonchev–Trinajstić information content (AvgIpc) is 3.25. The van der Waals surface area contributed by atoms with E-state index in [0.29, 0.717) is 17.1 Å². The van der Waals surface area contributed by atoms with Gasteiger partial charge in [0.05, 0.1) is 28.1 Å². The number of sulfonamides is 1. The van der Waals surface area contributed by atoms with Crippen molar-refractivity contribution >= 4 is 37.3 Å². The molecule has 7 nitrogen and oxygen atoms in total. The highest BCUT2D eigenvalue weighted by molar-refractivity contribution is 7.92. The van der Waals surface area contributed by atoms with Crippen LogP contribution in [0.3, 0.4) is 0 Å². The number of nitrogens with one attached hydrogen (secondary N) is 1. The van der Waals surface area contributed by atoms with Crippen LogP contribution in [0.4, 0.5) is 5.82 Å². The smallest absolute Gasteiger partial charge is 0.263 e. The molecule has 0 aliphatic carbocycles. The lowest BCUT2D eigenvalue weighted by molar-refractivity contribution is 0.507. The van der Waals surface area contributed by atoms with Crippen LogP contribution < -0.4 is 4.72 Å². The third-order valence-electron chi connectivity index (χ3n) is 4.70. The lowest BCUT2D eigenvalue weighted by Crippen LogP contribution is -2.20. The van der Waals surface area contributed by atoms with E-state index in [-0.39, 0.29) is 22.2 Å². The van der Waals surface area contributed by atoms with Crippen LogP contribution in [0, 0.1) is 0 Å². The molecule has 1 aromatic heterocycles. The van der Waals surface area contributed by atoms with Crippen molar-refractivity contribution < 1.29 is 16.8 Å². The summed E-state index contributed by atoms with van der Waals surface area (Å²) >= 11 is 5.93. The molecule has 2 aromatic carbocycles. The molecule has 4 rings (SSSR count). The molecule has 0 saturated carbocycles. The first kappa shape index (κ1) is 19.9. The summed E-state index contributed by atoms with van der Waals surface area (Å²) in [6, 6.07) is 16.4. The van der Waals surface area contributed by atoms with E-state index in [0.717, 1.165) is 5.56 Å². The molecule has 0 radical (unpaired) electrons. The van der Waals surface area contributed by atoms with E-state index in [4.69, 9.17) is 11.6 Å². The van der Waals surface area contributed by atoms with Gasteiger partial charge in [0.1, 0.15) is 5.82 Å². The number of aromatic nitrogens is 2. The van der Waals surface area contributed by atoms with E-state index in [1.165, 1.54) is 16.8 Å². The highest BCUT2D eigenvalue weighted by atomic mass is 35.5. The fraction of sp³-hybridized carbons (Fsp3) is 0.211. The summed E-state index contributed by atoms with van der Waals surface area (Å²) < 4.78 is 53.6. The summed E-state index contributed by atoms with van der Waals surface area (Å²) in [7, 11) is -7.10. The number of halogens is 1. The molecule has 1 N–H and O–H groups in total. The van der Waals surface area contributed by atoms with Crippen LogP contribution in [0.15, 0.2) is 65.6 Å². The van der Waals surface area contributed by atoms with Crippen LogP contribution in [0.2, 0.25) is 5.02 Å². The maximum absolute atomic E-state index is 12.9. The van der Waals surface area contributed by atoms with E-state index in [2.05, 4.69) is 9.82 Å². The Morgan fingerprint density at radius 3 is 2.48 bits per heavy atom. The van der Waals surface area contributed by atoms with Gasteiger partial charge in [0.25, 0.3) is 10.0 Å². The molecule has 0 amide bonds. The van der Waals surface area contributed by atoms with Gasteiger partial charge in [0.2, 0.25) is 0 Å². The van der Waals surface area contributed by atoms with E-state index < -0.39 is 25.9 Å². The zero-order valence-corrected chi connectivity index (χ0v) is 17.6. The second kappa shape index (κ2) is 7.47. The third-order valence-corrected chi connectivity index (χ3v) is 8.04. The molecular formula is C19H18ClN3O4S2. The van der Waals surface area contributed by atoms with E-state index >= 15 is 0 Å². The number of nitrogens with zero attached hydrogens (tertiary/aromatic N) is 2. The van der Waals surface area contributed by atoms with Crippen molar-refractivity contribution in [1.29, 1.82) is 0 Å². The van der Waals surface area contributed by atoms with Gasteiger partial charge >= 0.3 is 0 Å². The predicted molar refractivity (Wildman–Crippen MR) is 112 cm³/mol. The van der Waals surface area contributed by atoms with Gasteiger partial charge in [-0.05, 0) is 24.6 Å². The Balaban J connectivity index is 1.76. The van der Waals surface area contributed by atoms with Gasteiger partial charge in [-0.15, -0.1) is 0 Å². The fourth-order valence-corrected chi connectivity index (χ4v) is 6.33. The molecule has 1 aliphatic rings. The van der Waals surface area contributed by atoms with Crippen LogP contribution in [0.5, 0.6) is 0 Å². The SMILES string of the molecule is O=S1(=O)CC[C@H](n2nc(-c3ccccc3)cc2NS(=O)(=O)c2cccc(Cl)c2)C1. The van der Waals surface area contributed by atoms with Gasteiger partial charge in [0, 0.05) is 16.7 Å². The Bertz CT molecular complexity index is 1260. The number of sulfone groups is 1. The van der Waals surface area contributed by atoms with Crippen molar-refractivity contribution in [2.45, 2.75) is 17.4 Å². The predicted octanol–water partition coefficient (Wildman–Crippen LogP) is 3.36. The second-order valence-electron chi connectivity index (χ2n) is 6.85. The van der Waals surface area contributed by atoms with Gasteiger partial charge in [0.15, 0.2) is 9.84 Å². The van der Waals surface area contributed by atoms with Crippen LogP contribution in [-0.4, -0.2) is 38.1 Å². The first-order valence-electron chi connectivity index (χ1n) is 8.87. The van der Waals surface area contributed by atoms with E-state index in [1.807, 2.05) is 30.3 Å².